The second-order valence-corrected chi connectivity index (χ2v) is 7.28. The van der Waals surface area contributed by atoms with Gasteiger partial charge in [0, 0.05) is 11.8 Å². The molecule has 0 atom stereocenters. The number of pyridine rings is 1. The summed E-state index contributed by atoms with van der Waals surface area (Å²) >= 11 is 0. The van der Waals surface area contributed by atoms with E-state index in [1.807, 2.05) is 36.6 Å². The topological polar surface area (TPSA) is 102 Å². The van der Waals surface area contributed by atoms with Gasteiger partial charge in [0.1, 0.15) is 5.82 Å². The number of hydrogen-bond acceptors (Lipinski definition) is 5. The summed E-state index contributed by atoms with van der Waals surface area (Å²) in [6, 6.07) is 7.38. The van der Waals surface area contributed by atoms with Crippen LogP contribution < -0.4 is 10.5 Å². The van der Waals surface area contributed by atoms with Crippen molar-refractivity contribution in [1.29, 1.82) is 0 Å². The van der Waals surface area contributed by atoms with Crippen LogP contribution in [-0.4, -0.2) is 29.3 Å². The number of nitrogen functional groups attached to an aromatic ring is 1. The normalized spacial score (nSPS) is 11.8. The summed E-state index contributed by atoms with van der Waals surface area (Å²) in [7, 11) is -3.34. The Morgan fingerprint density at radius 1 is 1.13 bits per heavy atom. The van der Waals surface area contributed by atoms with E-state index in [9.17, 15) is 8.42 Å². The zero-order chi connectivity index (χ0) is 16.8. The molecule has 0 unspecified atom stereocenters. The third-order valence-electron chi connectivity index (χ3n) is 3.57. The quantitative estimate of drug-likeness (QED) is 0.764. The van der Waals surface area contributed by atoms with Crippen molar-refractivity contribution >= 4 is 27.0 Å². The van der Waals surface area contributed by atoms with Crippen LogP contribution in [0, 0.1) is 13.8 Å². The average molecular weight is 331 g/mol. The molecule has 2 heterocycles. The Morgan fingerprint density at radius 2 is 1.87 bits per heavy atom. The number of benzene rings is 1. The monoisotopic (exact) mass is 331 g/mol. The highest BCUT2D eigenvalue weighted by Gasteiger charge is 2.11. The van der Waals surface area contributed by atoms with E-state index in [1.165, 1.54) is 0 Å². The van der Waals surface area contributed by atoms with Crippen LogP contribution in [-0.2, 0) is 10.0 Å². The van der Waals surface area contributed by atoms with E-state index in [4.69, 9.17) is 5.73 Å². The maximum Gasteiger partial charge on any atom is 0.229 e. The molecule has 3 rings (SSSR count). The molecule has 23 heavy (non-hydrogen) atoms. The van der Waals surface area contributed by atoms with E-state index in [2.05, 4.69) is 14.9 Å². The lowest BCUT2D eigenvalue weighted by molar-refractivity contribution is 0.607. The van der Waals surface area contributed by atoms with Gasteiger partial charge in [0.25, 0.3) is 0 Å². The number of aryl methyl sites for hydroxylation is 2. The zero-order valence-electron chi connectivity index (χ0n) is 13.0. The number of nitrogens with zero attached hydrogens (tertiary/aromatic N) is 3. The van der Waals surface area contributed by atoms with Crippen molar-refractivity contribution in [3.8, 4) is 11.1 Å². The zero-order valence-corrected chi connectivity index (χ0v) is 13.8. The Morgan fingerprint density at radius 3 is 2.57 bits per heavy atom. The predicted molar refractivity (Wildman–Crippen MR) is 90.8 cm³/mol. The van der Waals surface area contributed by atoms with Gasteiger partial charge >= 0.3 is 0 Å². The molecule has 0 spiro atoms. The lowest BCUT2D eigenvalue weighted by Crippen LogP contribution is -2.10. The van der Waals surface area contributed by atoms with E-state index in [-0.39, 0.29) is 0 Å². The third-order valence-corrected chi connectivity index (χ3v) is 4.16. The minimum absolute atomic E-state index is 0.515. The molecule has 3 aromatic rings. The Kier molecular flexibility index (Phi) is 3.48. The van der Waals surface area contributed by atoms with E-state index in [0.717, 1.165) is 28.8 Å². The molecule has 0 amide bonds. The van der Waals surface area contributed by atoms with Crippen LogP contribution in [0.5, 0.6) is 0 Å². The average Bonchev–Trinajstić information content (AvgIpc) is 2.82. The van der Waals surface area contributed by atoms with Gasteiger partial charge in [0.05, 0.1) is 17.6 Å². The van der Waals surface area contributed by atoms with Gasteiger partial charge in [-0.2, -0.15) is 0 Å². The van der Waals surface area contributed by atoms with Gasteiger partial charge in [-0.15, -0.1) is 10.2 Å². The molecule has 0 aliphatic rings. The summed E-state index contributed by atoms with van der Waals surface area (Å²) in [5.41, 5.74) is 10.3. The van der Waals surface area contributed by atoms with Gasteiger partial charge in [0.2, 0.25) is 10.0 Å². The van der Waals surface area contributed by atoms with Crippen LogP contribution in [0.2, 0.25) is 0 Å². The van der Waals surface area contributed by atoms with Crippen LogP contribution in [0.1, 0.15) is 11.4 Å². The molecule has 1 aromatic carbocycles. The Balaban J connectivity index is 2.15. The lowest BCUT2D eigenvalue weighted by atomic mass is 10.0. The number of nitrogens with one attached hydrogen (secondary N) is 1. The largest absolute Gasteiger partial charge is 0.396 e. The van der Waals surface area contributed by atoms with Crippen molar-refractivity contribution in [3.63, 3.8) is 0 Å². The van der Waals surface area contributed by atoms with E-state index >= 15 is 0 Å². The van der Waals surface area contributed by atoms with Crippen LogP contribution >= 0.6 is 0 Å². The fourth-order valence-corrected chi connectivity index (χ4v) is 3.02. The van der Waals surface area contributed by atoms with Gasteiger partial charge in [-0.25, -0.2) is 8.42 Å². The van der Waals surface area contributed by atoms with Crippen molar-refractivity contribution in [2.24, 2.45) is 0 Å². The first-order valence-electron chi connectivity index (χ1n) is 6.94. The molecular formula is C15H17N5O2S. The van der Waals surface area contributed by atoms with Crippen LogP contribution in [0.4, 0.5) is 11.4 Å². The van der Waals surface area contributed by atoms with Crippen molar-refractivity contribution < 1.29 is 8.42 Å². The highest BCUT2D eigenvalue weighted by Crippen LogP contribution is 2.28. The van der Waals surface area contributed by atoms with Gasteiger partial charge in [-0.3, -0.25) is 9.12 Å². The van der Waals surface area contributed by atoms with Crippen molar-refractivity contribution in [3.05, 3.63) is 41.9 Å². The number of hydrogen-bond donors (Lipinski definition) is 2. The molecule has 0 fully saturated rings. The molecule has 3 N–H and O–H groups in total. The van der Waals surface area contributed by atoms with Gasteiger partial charge in [-0.1, -0.05) is 12.1 Å². The van der Waals surface area contributed by atoms with Crippen LogP contribution in [0.3, 0.4) is 0 Å². The molecule has 0 saturated heterocycles. The Bertz CT molecular complexity index is 1010. The fourth-order valence-electron chi connectivity index (χ4n) is 2.40. The maximum atomic E-state index is 11.5. The number of aromatic nitrogens is 3. The Labute approximate surface area is 134 Å². The summed E-state index contributed by atoms with van der Waals surface area (Å²) in [4.78, 5) is 0. The van der Waals surface area contributed by atoms with E-state index < -0.39 is 10.0 Å². The second kappa shape index (κ2) is 5.24. The number of anilines is 2. The minimum atomic E-state index is -3.34. The predicted octanol–water partition coefficient (Wildman–Crippen LogP) is 1.97. The first kappa shape index (κ1) is 15.3. The number of rotatable bonds is 3. The fraction of sp³-hybridized carbons (Fsp3) is 0.200. The summed E-state index contributed by atoms with van der Waals surface area (Å²) in [6.45, 7) is 3.69. The highest BCUT2D eigenvalue weighted by molar-refractivity contribution is 7.92. The molecule has 8 heteroatoms. The number of fused-ring (bicyclic) bond motifs is 1. The summed E-state index contributed by atoms with van der Waals surface area (Å²) in [5.74, 6) is 0.732. The van der Waals surface area contributed by atoms with Gasteiger partial charge < -0.3 is 5.73 Å². The smallest absolute Gasteiger partial charge is 0.229 e. The molecule has 0 radical (unpaired) electrons. The summed E-state index contributed by atoms with van der Waals surface area (Å²) in [6.07, 6.45) is 3.01. The van der Waals surface area contributed by atoms with E-state index in [0.29, 0.717) is 17.0 Å². The van der Waals surface area contributed by atoms with Gasteiger partial charge in [0.15, 0.2) is 5.65 Å². The van der Waals surface area contributed by atoms with Gasteiger partial charge in [-0.05, 0) is 37.1 Å². The van der Waals surface area contributed by atoms with Crippen LogP contribution in [0.25, 0.3) is 16.8 Å². The number of sulfonamides is 1. The molecule has 2 aromatic heterocycles. The SMILES string of the molecule is Cc1ccc(-c2cc(N)c3nnc(C)n3c2)cc1NS(C)(=O)=O. The first-order valence-corrected chi connectivity index (χ1v) is 8.83. The van der Waals surface area contributed by atoms with Crippen molar-refractivity contribution in [2.45, 2.75) is 13.8 Å². The molecule has 7 nitrogen and oxygen atoms in total. The molecular weight excluding hydrogens is 314 g/mol. The Hall–Kier alpha value is -2.61. The van der Waals surface area contributed by atoms with E-state index in [1.54, 1.807) is 12.1 Å². The number of nitrogens with two attached hydrogens (primary N) is 1. The molecule has 0 saturated carbocycles. The molecule has 0 bridgehead atoms. The molecule has 0 aliphatic heterocycles. The first-order chi connectivity index (χ1) is 10.7. The summed E-state index contributed by atoms with van der Waals surface area (Å²) in [5, 5.41) is 8.04. The van der Waals surface area contributed by atoms with Crippen LogP contribution in [0.15, 0.2) is 30.5 Å². The molecule has 120 valence electrons. The highest BCUT2D eigenvalue weighted by atomic mass is 32.2. The summed E-state index contributed by atoms with van der Waals surface area (Å²) < 4.78 is 27.3. The van der Waals surface area contributed by atoms with Crippen molar-refractivity contribution in [2.75, 3.05) is 16.7 Å². The third kappa shape index (κ3) is 2.98. The minimum Gasteiger partial charge on any atom is -0.396 e. The lowest BCUT2D eigenvalue weighted by Gasteiger charge is -2.11. The standard InChI is InChI=1S/C15H17N5O2S/c1-9-4-5-11(7-14(9)19-23(3,21)22)12-6-13(16)15-18-17-10(2)20(15)8-12/h4-8,19H,16H2,1-3H3. The van der Waals surface area contributed by atoms with Crippen molar-refractivity contribution in [1.82, 2.24) is 14.6 Å². The second-order valence-electron chi connectivity index (χ2n) is 5.53. The molecule has 0 aliphatic carbocycles. The maximum absolute atomic E-state index is 11.5.